The van der Waals surface area contributed by atoms with Gasteiger partial charge in [-0.2, -0.15) is 5.10 Å². The molecular weight excluding hydrogens is 449 g/mol. The molecule has 0 spiro atoms. The molecule has 1 amide bonds. The number of hydrogen-bond acceptors (Lipinski definition) is 2. The molecule has 1 saturated carbocycles. The average Bonchev–Trinajstić information content (AvgIpc) is 3.27. The number of amides is 1. The SMILES string of the molecule is C/C=C/c1cc(F)cc(N(Cc2ccc(-c3ccc4c(cnn4C)c3)cc2)C(=O)C2CCCCC2)c1. The van der Waals surface area contributed by atoms with E-state index in [0.717, 1.165) is 58.8 Å². The quantitative estimate of drug-likeness (QED) is 0.285. The minimum Gasteiger partial charge on any atom is -0.308 e. The van der Waals surface area contributed by atoms with Gasteiger partial charge in [-0.3, -0.25) is 9.48 Å². The molecule has 5 rings (SSSR count). The van der Waals surface area contributed by atoms with Crippen molar-refractivity contribution in [2.45, 2.75) is 45.6 Å². The second kappa shape index (κ2) is 10.5. The first-order chi connectivity index (χ1) is 17.5. The Balaban J connectivity index is 1.44. The molecule has 1 fully saturated rings. The van der Waals surface area contributed by atoms with Gasteiger partial charge < -0.3 is 4.90 Å². The third-order valence-electron chi connectivity index (χ3n) is 7.17. The van der Waals surface area contributed by atoms with Crippen LogP contribution in [0, 0.1) is 11.7 Å². The third-order valence-corrected chi connectivity index (χ3v) is 7.17. The van der Waals surface area contributed by atoms with Crippen LogP contribution in [0.3, 0.4) is 0 Å². The van der Waals surface area contributed by atoms with Crippen LogP contribution in [0.25, 0.3) is 28.1 Å². The fourth-order valence-corrected chi connectivity index (χ4v) is 5.24. The molecule has 4 aromatic rings. The molecule has 1 aliphatic carbocycles. The minimum atomic E-state index is -0.330. The predicted molar refractivity (Wildman–Crippen MR) is 145 cm³/mol. The van der Waals surface area contributed by atoms with Gasteiger partial charge in [0.2, 0.25) is 5.91 Å². The zero-order valence-electron chi connectivity index (χ0n) is 21.0. The molecule has 5 heteroatoms. The van der Waals surface area contributed by atoms with Crippen LogP contribution in [0.2, 0.25) is 0 Å². The second-order valence-corrected chi connectivity index (χ2v) is 9.74. The van der Waals surface area contributed by atoms with Gasteiger partial charge in [-0.25, -0.2) is 4.39 Å². The fourth-order valence-electron chi connectivity index (χ4n) is 5.24. The summed E-state index contributed by atoms with van der Waals surface area (Å²) in [6.07, 6.45) is 10.8. The number of carbonyl (C=O) groups is 1. The summed E-state index contributed by atoms with van der Waals surface area (Å²) in [6.45, 7) is 2.32. The largest absolute Gasteiger partial charge is 0.308 e. The summed E-state index contributed by atoms with van der Waals surface area (Å²) in [5.41, 5.74) is 5.72. The van der Waals surface area contributed by atoms with Gasteiger partial charge in [0.1, 0.15) is 5.82 Å². The van der Waals surface area contributed by atoms with Gasteiger partial charge in [0.25, 0.3) is 0 Å². The van der Waals surface area contributed by atoms with Crippen molar-refractivity contribution in [1.82, 2.24) is 9.78 Å². The van der Waals surface area contributed by atoms with Crippen molar-refractivity contribution < 1.29 is 9.18 Å². The Labute approximate surface area is 212 Å². The van der Waals surface area contributed by atoms with Gasteiger partial charge in [0, 0.05) is 24.0 Å². The lowest BCUT2D eigenvalue weighted by Gasteiger charge is -2.30. The number of benzene rings is 3. The van der Waals surface area contributed by atoms with E-state index in [-0.39, 0.29) is 17.6 Å². The zero-order valence-corrected chi connectivity index (χ0v) is 21.0. The van der Waals surface area contributed by atoms with Crippen LogP contribution in [-0.4, -0.2) is 15.7 Å². The zero-order chi connectivity index (χ0) is 25.1. The van der Waals surface area contributed by atoms with E-state index in [1.54, 1.807) is 4.90 Å². The maximum absolute atomic E-state index is 14.5. The number of hydrogen-bond donors (Lipinski definition) is 0. The molecule has 0 radical (unpaired) electrons. The van der Waals surface area contributed by atoms with Crippen molar-refractivity contribution in [2.24, 2.45) is 13.0 Å². The van der Waals surface area contributed by atoms with Crippen molar-refractivity contribution in [1.29, 1.82) is 0 Å². The number of aryl methyl sites for hydroxylation is 1. The number of nitrogens with zero attached hydrogens (tertiary/aromatic N) is 3. The summed E-state index contributed by atoms with van der Waals surface area (Å²) in [5, 5.41) is 5.44. The number of carbonyl (C=O) groups excluding carboxylic acids is 1. The van der Waals surface area contributed by atoms with Crippen molar-refractivity contribution in [3.05, 3.63) is 89.9 Å². The molecule has 4 nitrogen and oxygen atoms in total. The molecule has 3 aromatic carbocycles. The Morgan fingerprint density at radius 3 is 2.53 bits per heavy atom. The number of fused-ring (bicyclic) bond motifs is 1. The maximum Gasteiger partial charge on any atom is 0.230 e. The molecule has 1 heterocycles. The first kappa shape index (κ1) is 24.0. The molecule has 1 aliphatic rings. The molecule has 0 unspecified atom stereocenters. The van der Waals surface area contributed by atoms with Crippen LogP contribution in [0.1, 0.15) is 50.2 Å². The molecule has 1 aromatic heterocycles. The Morgan fingerprint density at radius 1 is 1.03 bits per heavy atom. The first-order valence-corrected chi connectivity index (χ1v) is 12.8. The van der Waals surface area contributed by atoms with E-state index in [4.69, 9.17) is 0 Å². The van der Waals surface area contributed by atoms with Crippen LogP contribution in [-0.2, 0) is 18.4 Å². The van der Waals surface area contributed by atoms with Gasteiger partial charge in [0.05, 0.1) is 18.3 Å². The summed E-state index contributed by atoms with van der Waals surface area (Å²) < 4.78 is 16.4. The summed E-state index contributed by atoms with van der Waals surface area (Å²) in [5.74, 6) is -0.237. The molecule has 184 valence electrons. The highest BCUT2D eigenvalue weighted by Crippen LogP contribution is 2.31. The first-order valence-electron chi connectivity index (χ1n) is 12.8. The maximum atomic E-state index is 14.5. The van der Waals surface area contributed by atoms with Crippen LogP contribution in [0.5, 0.6) is 0 Å². The van der Waals surface area contributed by atoms with Crippen molar-refractivity contribution in [2.75, 3.05) is 4.90 Å². The molecule has 0 atom stereocenters. The number of halogens is 1. The molecule has 0 bridgehead atoms. The summed E-state index contributed by atoms with van der Waals surface area (Å²) in [6, 6.07) is 19.5. The van der Waals surface area contributed by atoms with Crippen molar-refractivity contribution >= 4 is 28.6 Å². The number of allylic oxidation sites excluding steroid dienone is 1. The summed E-state index contributed by atoms with van der Waals surface area (Å²) in [4.78, 5) is 15.5. The van der Waals surface area contributed by atoms with E-state index in [0.29, 0.717) is 12.2 Å². The lowest BCUT2D eigenvalue weighted by atomic mass is 9.88. The van der Waals surface area contributed by atoms with E-state index in [1.165, 1.54) is 18.6 Å². The third kappa shape index (κ3) is 5.11. The van der Waals surface area contributed by atoms with E-state index in [9.17, 15) is 9.18 Å². The fraction of sp³-hybridized carbons (Fsp3) is 0.290. The van der Waals surface area contributed by atoms with Crippen LogP contribution < -0.4 is 4.90 Å². The Hall–Kier alpha value is -3.73. The second-order valence-electron chi connectivity index (χ2n) is 9.74. The van der Waals surface area contributed by atoms with Crippen LogP contribution in [0.4, 0.5) is 10.1 Å². The van der Waals surface area contributed by atoms with Crippen molar-refractivity contribution in [3.63, 3.8) is 0 Å². The molecule has 0 aliphatic heterocycles. The summed E-state index contributed by atoms with van der Waals surface area (Å²) >= 11 is 0. The van der Waals surface area contributed by atoms with E-state index in [1.807, 2.05) is 43.1 Å². The Kier molecular flexibility index (Phi) is 6.99. The lowest BCUT2D eigenvalue weighted by molar-refractivity contribution is -0.123. The van der Waals surface area contributed by atoms with Gasteiger partial charge in [0.15, 0.2) is 0 Å². The average molecular weight is 482 g/mol. The minimum absolute atomic E-state index is 0.00216. The number of aromatic nitrogens is 2. The standard InChI is InChI=1S/C31H32FN3O/c1-3-7-23-16-28(32)19-29(17-23)35(31(36)25-8-5-4-6-9-25)21-22-10-12-24(13-11-22)26-14-15-30-27(18-26)20-33-34(30)2/h3,7,10-20,25H,4-6,8-9,21H2,1-2H3/b7-3+. The van der Waals surface area contributed by atoms with Gasteiger partial charge in [-0.15, -0.1) is 0 Å². The predicted octanol–water partition coefficient (Wildman–Crippen LogP) is 7.53. The highest BCUT2D eigenvalue weighted by Gasteiger charge is 2.27. The van der Waals surface area contributed by atoms with E-state index < -0.39 is 0 Å². The Bertz CT molecular complexity index is 1400. The highest BCUT2D eigenvalue weighted by atomic mass is 19.1. The molecule has 36 heavy (non-hydrogen) atoms. The van der Waals surface area contributed by atoms with Crippen LogP contribution >= 0.6 is 0 Å². The normalized spacial score (nSPS) is 14.5. The molecule has 0 N–H and O–H groups in total. The molecule has 0 saturated heterocycles. The van der Waals surface area contributed by atoms with Crippen LogP contribution in [0.15, 0.2) is 72.9 Å². The monoisotopic (exact) mass is 481 g/mol. The molecular formula is C31H32FN3O. The van der Waals surface area contributed by atoms with E-state index >= 15 is 0 Å². The number of anilines is 1. The van der Waals surface area contributed by atoms with Gasteiger partial charge in [-0.05, 0) is 72.4 Å². The van der Waals surface area contributed by atoms with E-state index in [2.05, 4.69) is 47.6 Å². The number of rotatable bonds is 6. The topological polar surface area (TPSA) is 38.1 Å². The smallest absolute Gasteiger partial charge is 0.230 e. The van der Waals surface area contributed by atoms with Gasteiger partial charge in [-0.1, -0.05) is 61.7 Å². The Morgan fingerprint density at radius 2 is 1.78 bits per heavy atom. The summed E-state index contributed by atoms with van der Waals surface area (Å²) in [7, 11) is 1.94. The van der Waals surface area contributed by atoms with Crippen molar-refractivity contribution in [3.8, 4) is 11.1 Å². The van der Waals surface area contributed by atoms with Gasteiger partial charge >= 0.3 is 0 Å². The highest BCUT2D eigenvalue weighted by molar-refractivity contribution is 5.95. The lowest BCUT2D eigenvalue weighted by Crippen LogP contribution is -2.36.